The van der Waals surface area contributed by atoms with Crippen molar-refractivity contribution in [1.82, 2.24) is 0 Å². The Balaban J connectivity index is 3.05. The fourth-order valence-electron chi connectivity index (χ4n) is 0.752. The molecule has 0 heterocycles. The second kappa shape index (κ2) is 7.55. The maximum atomic E-state index is 5.13. The van der Waals surface area contributed by atoms with Gasteiger partial charge in [0.25, 0.3) is 0 Å². The lowest BCUT2D eigenvalue weighted by atomic mass is 10.2. The van der Waals surface area contributed by atoms with E-state index in [1.165, 1.54) is 23.5 Å². The minimum atomic E-state index is 1.13. The molecule has 2 heteroatoms. The molecule has 0 saturated carbocycles. The minimum absolute atomic E-state index is 1.13. The minimum Gasteiger partial charge on any atom is -0.119 e. The fourth-order valence-corrected chi connectivity index (χ4v) is 1.86. The van der Waals surface area contributed by atoms with Gasteiger partial charge >= 0.3 is 0 Å². The molecule has 0 unspecified atom stereocenters. The van der Waals surface area contributed by atoms with Gasteiger partial charge in [-0.15, -0.1) is 11.8 Å². The van der Waals surface area contributed by atoms with Crippen LogP contribution >= 0.6 is 24.0 Å². The standard InChI is InChI=1S/C8H16S2/c1-3-5-6-7-8(9)10-4-2/h3-7H2,1-2H3. The zero-order valence-electron chi connectivity index (χ0n) is 6.85. The molecule has 0 aromatic heterocycles. The van der Waals surface area contributed by atoms with Crippen LogP contribution < -0.4 is 0 Å². The largest absolute Gasteiger partial charge is 0.119 e. The van der Waals surface area contributed by atoms with Gasteiger partial charge in [-0.25, -0.2) is 0 Å². The topological polar surface area (TPSA) is 0 Å². The summed E-state index contributed by atoms with van der Waals surface area (Å²) in [7, 11) is 0. The number of thiocarbonyl (C=S) groups is 1. The molecular weight excluding hydrogens is 160 g/mol. The Morgan fingerprint density at radius 3 is 2.50 bits per heavy atom. The molecule has 0 rings (SSSR count). The summed E-state index contributed by atoms with van der Waals surface area (Å²) in [6.45, 7) is 4.37. The molecule has 0 amide bonds. The molecule has 0 aliphatic carbocycles. The lowest BCUT2D eigenvalue weighted by Crippen LogP contribution is -1.88. The fraction of sp³-hybridized carbons (Fsp3) is 0.875. The van der Waals surface area contributed by atoms with Gasteiger partial charge in [0.2, 0.25) is 0 Å². The van der Waals surface area contributed by atoms with Crippen molar-refractivity contribution in [2.45, 2.75) is 39.5 Å². The van der Waals surface area contributed by atoms with Crippen LogP contribution in [0.1, 0.15) is 39.5 Å². The van der Waals surface area contributed by atoms with Crippen molar-refractivity contribution in [2.75, 3.05) is 5.75 Å². The molecule has 0 N–H and O–H groups in total. The van der Waals surface area contributed by atoms with E-state index in [0.29, 0.717) is 0 Å². The Bertz CT molecular complexity index is 89.3. The van der Waals surface area contributed by atoms with Gasteiger partial charge in [0, 0.05) is 4.20 Å². The normalized spacial score (nSPS) is 9.80. The van der Waals surface area contributed by atoms with E-state index in [1.54, 1.807) is 0 Å². The van der Waals surface area contributed by atoms with Crippen LogP contribution in [0.3, 0.4) is 0 Å². The smallest absolute Gasteiger partial charge is 0.0478 e. The van der Waals surface area contributed by atoms with Crippen molar-refractivity contribution in [1.29, 1.82) is 0 Å². The predicted octanol–water partition coefficient (Wildman–Crippen LogP) is 3.65. The molecule has 0 fully saturated rings. The predicted molar refractivity (Wildman–Crippen MR) is 54.9 cm³/mol. The lowest BCUT2D eigenvalue weighted by Gasteiger charge is -1.98. The average molecular weight is 176 g/mol. The molecule has 0 aromatic carbocycles. The van der Waals surface area contributed by atoms with Gasteiger partial charge in [-0.3, -0.25) is 0 Å². The molecule has 0 aliphatic rings. The number of unbranched alkanes of at least 4 members (excludes halogenated alkanes) is 2. The molecule has 0 spiro atoms. The molecule has 0 bridgehead atoms. The first-order valence-electron chi connectivity index (χ1n) is 3.96. The molecule has 0 aliphatic heterocycles. The molecule has 0 saturated heterocycles. The van der Waals surface area contributed by atoms with Gasteiger partial charge in [0.05, 0.1) is 0 Å². The van der Waals surface area contributed by atoms with Crippen LogP contribution in [0.15, 0.2) is 0 Å². The third-order valence-corrected chi connectivity index (χ3v) is 2.66. The third kappa shape index (κ3) is 6.56. The van der Waals surface area contributed by atoms with Crippen LogP contribution in [0.25, 0.3) is 0 Å². The van der Waals surface area contributed by atoms with Crippen molar-refractivity contribution < 1.29 is 0 Å². The van der Waals surface area contributed by atoms with Gasteiger partial charge < -0.3 is 0 Å². The lowest BCUT2D eigenvalue weighted by molar-refractivity contribution is 0.747. The van der Waals surface area contributed by atoms with Crippen molar-refractivity contribution in [3.63, 3.8) is 0 Å². The highest BCUT2D eigenvalue weighted by atomic mass is 32.2. The van der Waals surface area contributed by atoms with E-state index in [1.807, 2.05) is 11.8 Å². The highest BCUT2D eigenvalue weighted by molar-refractivity contribution is 8.23. The van der Waals surface area contributed by atoms with E-state index in [9.17, 15) is 0 Å². The van der Waals surface area contributed by atoms with Gasteiger partial charge in [-0.1, -0.05) is 38.9 Å². The number of rotatable bonds is 5. The summed E-state index contributed by atoms with van der Waals surface area (Å²) < 4.78 is 1.19. The summed E-state index contributed by atoms with van der Waals surface area (Å²) in [5.41, 5.74) is 0. The Labute approximate surface area is 73.8 Å². The Morgan fingerprint density at radius 2 is 2.00 bits per heavy atom. The maximum absolute atomic E-state index is 5.13. The van der Waals surface area contributed by atoms with Gasteiger partial charge in [0.1, 0.15) is 0 Å². The molecule has 10 heavy (non-hydrogen) atoms. The van der Waals surface area contributed by atoms with Crippen LogP contribution in [-0.2, 0) is 0 Å². The third-order valence-electron chi connectivity index (χ3n) is 1.29. The molecule has 0 radical (unpaired) electrons. The van der Waals surface area contributed by atoms with Crippen LogP contribution in [0.4, 0.5) is 0 Å². The van der Waals surface area contributed by atoms with Crippen LogP contribution in [-0.4, -0.2) is 9.95 Å². The molecular formula is C8H16S2. The first kappa shape index (κ1) is 10.4. The van der Waals surface area contributed by atoms with Crippen molar-refractivity contribution in [3.05, 3.63) is 0 Å². The first-order chi connectivity index (χ1) is 4.81. The molecule has 0 atom stereocenters. The van der Waals surface area contributed by atoms with Crippen LogP contribution in [0.2, 0.25) is 0 Å². The van der Waals surface area contributed by atoms with E-state index >= 15 is 0 Å². The number of hydrogen-bond donors (Lipinski definition) is 0. The summed E-state index contributed by atoms with van der Waals surface area (Å²) in [5.74, 6) is 1.13. The Morgan fingerprint density at radius 1 is 1.30 bits per heavy atom. The molecule has 0 aromatic rings. The molecule has 60 valence electrons. The Kier molecular flexibility index (Phi) is 7.88. The van der Waals surface area contributed by atoms with E-state index in [2.05, 4.69) is 13.8 Å². The van der Waals surface area contributed by atoms with Gasteiger partial charge in [0.15, 0.2) is 0 Å². The van der Waals surface area contributed by atoms with E-state index in [-0.39, 0.29) is 0 Å². The first-order valence-corrected chi connectivity index (χ1v) is 5.36. The summed E-state index contributed by atoms with van der Waals surface area (Å²) in [4.78, 5) is 0. The molecule has 0 nitrogen and oxygen atoms in total. The van der Waals surface area contributed by atoms with E-state index in [0.717, 1.165) is 12.2 Å². The number of thioether (sulfide) groups is 1. The zero-order valence-corrected chi connectivity index (χ0v) is 8.49. The van der Waals surface area contributed by atoms with Crippen molar-refractivity contribution in [2.24, 2.45) is 0 Å². The number of hydrogen-bond acceptors (Lipinski definition) is 2. The van der Waals surface area contributed by atoms with E-state index < -0.39 is 0 Å². The SMILES string of the molecule is CCCCCC(=S)SCC. The summed E-state index contributed by atoms with van der Waals surface area (Å²) in [6.07, 6.45) is 5.04. The summed E-state index contributed by atoms with van der Waals surface area (Å²) in [5, 5.41) is 0. The summed E-state index contributed by atoms with van der Waals surface area (Å²) in [6, 6.07) is 0. The van der Waals surface area contributed by atoms with Crippen LogP contribution in [0, 0.1) is 0 Å². The average Bonchev–Trinajstić information content (AvgIpc) is 1.89. The van der Waals surface area contributed by atoms with Gasteiger partial charge in [-0.05, 0) is 18.6 Å². The second-order valence-electron chi connectivity index (χ2n) is 2.26. The maximum Gasteiger partial charge on any atom is 0.0478 e. The van der Waals surface area contributed by atoms with Crippen LogP contribution in [0.5, 0.6) is 0 Å². The van der Waals surface area contributed by atoms with E-state index in [4.69, 9.17) is 12.2 Å². The second-order valence-corrected chi connectivity index (χ2v) is 4.37. The van der Waals surface area contributed by atoms with Crippen molar-refractivity contribution >= 4 is 28.2 Å². The monoisotopic (exact) mass is 176 g/mol. The quantitative estimate of drug-likeness (QED) is 0.463. The summed E-state index contributed by atoms with van der Waals surface area (Å²) >= 11 is 6.94. The highest BCUT2D eigenvalue weighted by Crippen LogP contribution is 2.10. The van der Waals surface area contributed by atoms with Crippen molar-refractivity contribution in [3.8, 4) is 0 Å². The zero-order chi connectivity index (χ0) is 7.82. The Hall–Kier alpha value is 0.440. The van der Waals surface area contributed by atoms with Gasteiger partial charge in [-0.2, -0.15) is 0 Å². The highest BCUT2D eigenvalue weighted by Gasteiger charge is 1.94.